The van der Waals surface area contributed by atoms with Gasteiger partial charge in [-0.2, -0.15) is 5.10 Å². The normalized spacial score (nSPS) is 11.0. The van der Waals surface area contributed by atoms with Crippen LogP contribution in [0.1, 0.15) is 48.4 Å². The van der Waals surface area contributed by atoms with E-state index in [1.165, 1.54) is 12.1 Å². The molecule has 0 fully saturated rings. The molecule has 1 aromatic heterocycles. The molecule has 0 aliphatic carbocycles. The Morgan fingerprint density at radius 1 is 1.41 bits per heavy atom. The number of amides is 1. The molecule has 0 aliphatic rings. The van der Waals surface area contributed by atoms with E-state index < -0.39 is 5.82 Å². The van der Waals surface area contributed by atoms with E-state index in [1.54, 1.807) is 16.8 Å². The van der Waals surface area contributed by atoms with Crippen LogP contribution >= 0.6 is 11.6 Å². The maximum Gasteiger partial charge on any atom is 0.269 e. The number of nitrogens with zero attached hydrogens (tertiary/aromatic N) is 2. The highest BCUT2D eigenvalue weighted by atomic mass is 35.5. The van der Waals surface area contributed by atoms with Crippen LogP contribution in [-0.2, 0) is 13.1 Å². The number of benzene rings is 1. The zero-order chi connectivity index (χ0) is 16.3. The topological polar surface area (TPSA) is 46.9 Å². The number of aromatic nitrogens is 2. The van der Waals surface area contributed by atoms with Gasteiger partial charge in [-0.15, -0.1) is 0 Å². The maximum atomic E-state index is 13.1. The smallest absolute Gasteiger partial charge is 0.269 e. The minimum absolute atomic E-state index is 0.0486. The van der Waals surface area contributed by atoms with Crippen LogP contribution in [0.15, 0.2) is 24.3 Å². The molecule has 0 radical (unpaired) electrons. The van der Waals surface area contributed by atoms with Crippen LogP contribution in [0, 0.1) is 5.82 Å². The van der Waals surface area contributed by atoms with Crippen LogP contribution < -0.4 is 5.32 Å². The van der Waals surface area contributed by atoms with Crippen LogP contribution in [0.25, 0.3) is 0 Å². The van der Waals surface area contributed by atoms with E-state index in [4.69, 9.17) is 11.6 Å². The van der Waals surface area contributed by atoms with Crippen molar-refractivity contribution in [3.8, 4) is 0 Å². The summed E-state index contributed by atoms with van der Waals surface area (Å²) >= 11 is 5.73. The Hall–Kier alpha value is -1.88. The Morgan fingerprint density at radius 3 is 2.73 bits per heavy atom. The van der Waals surface area contributed by atoms with Crippen molar-refractivity contribution in [3.63, 3.8) is 0 Å². The SMILES string of the molecule is CCn1nc(C(C)C)cc1C(=O)NCc1ccc(F)c(Cl)c1. The van der Waals surface area contributed by atoms with Gasteiger partial charge in [0, 0.05) is 13.1 Å². The Morgan fingerprint density at radius 2 is 2.14 bits per heavy atom. The molecule has 22 heavy (non-hydrogen) atoms. The predicted molar refractivity (Wildman–Crippen MR) is 84.6 cm³/mol. The largest absolute Gasteiger partial charge is 0.347 e. The molecule has 0 saturated carbocycles. The number of rotatable bonds is 5. The monoisotopic (exact) mass is 323 g/mol. The van der Waals surface area contributed by atoms with Gasteiger partial charge in [0.2, 0.25) is 0 Å². The number of nitrogens with one attached hydrogen (secondary N) is 1. The van der Waals surface area contributed by atoms with E-state index in [9.17, 15) is 9.18 Å². The lowest BCUT2D eigenvalue weighted by molar-refractivity contribution is 0.0940. The van der Waals surface area contributed by atoms with Gasteiger partial charge in [0.15, 0.2) is 0 Å². The highest BCUT2D eigenvalue weighted by Gasteiger charge is 2.16. The van der Waals surface area contributed by atoms with E-state index in [0.717, 1.165) is 11.3 Å². The first-order valence-corrected chi connectivity index (χ1v) is 7.60. The zero-order valence-corrected chi connectivity index (χ0v) is 13.6. The van der Waals surface area contributed by atoms with Gasteiger partial charge in [0.1, 0.15) is 11.5 Å². The first-order valence-electron chi connectivity index (χ1n) is 7.22. The summed E-state index contributed by atoms with van der Waals surface area (Å²) in [5.74, 6) is -0.417. The third kappa shape index (κ3) is 3.65. The molecule has 1 N–H and O–H groups in total. The summed E-state index contributed by atoms with van der Waals surface area (Å²) in [5.41, 5.74) is 2.16. The second kappa shape index (κ2) is 6.92. The third-order valence-electron chi connectivity index (χ3n) is 3.36. The van der Waals surface area contributed by atoms with Crippen molar-refractivity contribution in [2.45, 2.75) is 39.8 Å². The van der Waals surface area contributed by atoms with Gasteiger partial charge >= 0.3 is 0 Å². The Balaban J connectivity index is 2.10. The highest BCUT2D eigenvalue weighted by Crippen LogP contribution is 2.17. The number of hydrogen-bond donors (Lipinski definition) is 1. The molecule has 2 rings (SSSR count). The molecule has 4 nitrogen and oxygen atoms in total. The summed E-state index contributed by atoms with van der Waals surface area (Å²) in [7, 11) is 0. The molecule has 0 saturated heterocycles. The summed E-state index contributed by atoms with van der Waals surface area (Å²) in [5, 5.41) is 7.27. The van der Waals surface area contributed by atoms with Gasteiger partial charge in [-0.25, -0.2) is 4.39 Å². The maximum absolute atomic E-state index is 13.1. The lowest BCUT2D eigenvalue weighted by Crippen LogP contribution is -2.25. The lowest BCUT2D eigenvalue weighted by atomic mass is 10.1. The van der Waals surface area contributed by atoms with Gasteiger partial charge in [0.05, 0.1) is 10.7 Å². The third-order valence-corrected chi connectivity index (χ3v) is 3.65. The van der Waals surface area contributed by atoms with E-state index in [0.29, 0.717) is 12.2 Å². The van der Waals surface area contributed by atoms with Crippen molar-refractivity contribution in [3.05, 3.63) is 52.1 Å². The van der Waals surface area contributed by atoms with Gasteiger partial charge in [-0.3, -0.25) is 9.48 Å². The molecule has 0 aliphatic heterocycles. The summed E-state index contributed by atoms with van der Waals surface area (Å²) in [6.07, 6.45) is 0. The number of carbonyl (C=O) groups is 1. The standard InChI is InChI=1S/C16H19ClFN3O/c1-4-21-15(8-14(20-21)10(2)3)16(22)19-9-11-5-6-13(18)12(17)7-11/h5-8,10H,4,9H2,1-3H3,(H,19,22). The molecule has 0 unspecified atom stereocenters. The fourth-order valence-electron chi connectivity index (χ4n) is 2.07. The number of halogens is 2. The molecule has 1 aromatic carbocycles. The molecule has 0 spiro atoms. The molecule has 6 heteroatoms. The second-order valence-corrected chi connectivity index (χ2v) is 5.76. The summed E-state index contributed by atoms with van der Waals surface area (Å²) in [6.45, 7) is 6.91. The quantitative estimate of drug-likeness (QED) is 0.911. The van der Waals surface area contributed by atoms with Crippen molar-refractivity contribution in [2.75, 3.05) is 0 Å². The Bertz CT molecular complexity index is 682. The molecule has 1 amide bonds. The van der Waals surface area contributed by atoms with Crippen LogP contribution in [0.4, 0.5) is 4.39 Å². The van der Waals surface area contributed by atoms with Gasteiger partial charge in [-0.1, -0.05) is 31.5 Å². The second-order valence-electron chi connectivity index (χ2n) is 5.36. The molecular formula is C16H19ClFN3O. The zero-order valence-electron chi connectivity index (χ0n) is 12.9. The van der Waals surface area contributed by atoms with Crippen molar-refractivity contribution < 1.29 is 9.18 Å². The van der Waals surface area contributed by atoms with Crippen molar-refractivity contribution in [1.29, 1.82) is 0 Å². The van der Waals surface area contributed by atoms with Crippen molar-refractivity contribution in [2.24, 2.45) is 0 Å². The number of hydrogen-bond acceptors (Lipinski definition) is 2. The van der Waals surface area contributed by atoms with Gasteiger partial charge in [-0.05, 0) is 36.6 Å². The van der Waals surface area contributed by atoms with Crippen LogP contribution in [0.5, 0.6) is 0 Å². The average molecular weight is 324 g/mol. The van der Waals surface area contributed by atoms with Gasteiger partial charge in [0.25, 0.3) is 5.91 Å². The van der Waals surface area contributed by atoms with Crippen LogP contribution in [0.2, 0.25) is 5.02 Å². The number of aryl methyl sites for hydroxylation is 1. The molecule has 118 valence electrons. The summed E-state index contributed by atoms with van der Waals surface area (Å²) < 4.78 is 14.8. The summed E-state index contributed by atoms with van der Waals surface area (Å²) in [6, 6.07) is 6.20. The van der Waals surface area contributed by atoms with E-state index in [2.05, 4.69) is 10.4 Å². The Kier molecular flexibility index (Phi) is 5.19. The predicted octanol–water partition coefficient (Wildman–Crippen LogP) is 3.75. The van der Waals surface area contributed by atoms with E-state index in [1.807, 2.05) is 20.8 Å². The molecule has 0 atom stereocenters. The van der Waals surface area contributed by atoms with Crippen molar-refractivity contribution >= 4 is 17.5 Å². The summed E-state index contributed by atoms with van der Waals surface area (Å²) in [4.78, 5) is 12.3. The molecule has 2 aromatic rings. The van der Waals surface area contributed by atoms with Crippen molar-refractivity contribution in [1.82, 2.24) is 15.1 Å². The van der Waals surface area contributed by atoms with Crippen LogP contribution in [0.3, 0.4) is 0 Å². The average Bonchev–Trinajstić information content (AvgIpc) is 2.92. The fraction of sp³-hybridized carbons (Fsp3) is 0.375. The van der Waals surface area contributed by atoms with Crippen LogP contribution in [-0.4, -0.2) is 15.7 Å². The Labute approximate surface area is 134 Å². The van der Waals surface area contributed by atoms with E-state index in [-0.39, 0.29) is 23.4 Å². The van der Waals surface area contributed by atoms with Gasteiger partial charge < -0.3 is 5.32 Å². The minimum Gasteiger partial charge on any atom is -0.347 e. The lowest BCUT2D eigenvalue weighted by Gasteiger charge is -2.07. The minimum atomic E-state index is -0.470. The number of carbonyl (C=O) groups excluding carboxylic acids is 1. The van der Waals surface area contributed by atoms with E-state index >= 15 is 0 Å². The first kappa shape index (κ1) is 16.5. The highest BCUT2D eigenvalue weighted by molar-refractivity contribution is 6.30. The molecular weight excluding hydrogens is 305 g/mol. The molecule has 0 bridgehead atoms. The molecule has 1 heterocycles. The fourth-order valence-corrected chi connectivity index (χ4v) is 2.27. The first-order chi connectivity index (χ1) is 10.4.